The van der Waals surface area contributed by atoms with Gasteiger partial charge in [0.25, 0.3) is 5.91 Å². The van der Waals surface area contributed by atoms with Crippen LogP contribution in [-0.2, 0) is 16.4 Å². The van der Waals surface area contributed by atoms with Gasteiger partial charge in [-0.15, -0.1) is 0 Å². The number of piperidine rings is 1. The summed E-state index contributed by atoms with van der Waals surface area (Å²) in [6.07, 6.45) is 3.04. The number of amides is 1. The maximum Gasteiger partial charge on any atom is 0.253 e. The fourth-order valence-corrected chi connectivity index (χ4v) is 4.09. The Morgan fingerprint density at radius 1 is 1.04 bits per heavy atom. The van der Waals surface area contributed by atoms with Crippen LogP contribution < -0.4 is 4.72 Å². The minimum atomic E-state index is -3.48. The van der Waals surface area contributed by atoms with Crippen molar-refractivity contribution in [2.45, 2.75) is 24.2 Å². The van der Waals surface area contributed by atoms with Crippen LogP contribution in [0.15, 0.2) is 59.5 Å². The van der Waals surface area contributed by atoms with Crippen LogP contribution in [0.4, 0.5) is 0 Å². The summed E-state index contributed by atoms with van der Waals surface area (Å²) in [6.45, 7) is 1.49. The Labute approximate surface area is 155 Å². The van der Waals surface area contributed by atoms with E-state index in [4.69, 9.17) is 0 Å². The molecule has 0 radical (unpaired) electrons. The second-order valence-electron chi connectivity index (χ2n) is 6.66. The zero-order chi connectivity index (χ0) is 18.6. The normalized spacial score (nSPS) is 15.8. The minimum Gasteiger partial charge on any atom is -0.339 e. The summed E-state index contributed by atoms with van der Waals surface area (Å²) in [5.74, 6) is 0.571. The quantitative estimate of drug-likeness (QED) is 0.877. The van der Waals surface area contributed by atoms with Crippen LogP contribution in [0.25, 0.3) is 0 Å². The molecule has 1 amide bonds. The lowest BCUT2D eigenvalue weighted by Gasteiger charge is -2.32. The molecule has 0 unspecified atom stereocenters. The molecular weight excluding hydrogens is 348 g/mol. The molecule has 0 bridgehead atoms. The lowest BCUT2D eigenvalue weighted by atomic mass is 9.90. The topological polar surface area (TPSA) is 66.5 Å². The van der Waals surface area contributed by atoms with Gasteiger partial charge >= 0.3 is 0 Å². The molecule has 2 aromatic rings. The highest BCUT2D eigenvalue weighted by Gasteiger charge is 2.24. The van der Waals surface area contributed by atoms with Crippen molar-refractivity contribution in [1.29, 1.82) is 0 Å². The van der Waals surface area contributed by atoms with Crippen LogP contribution in [-0.4, -0.2) is 39.4 Å². The predicted molar refractivity (Wildman–Crippen MR) is 101 cm³/mol. The number of carbonyl (C=O) groups excluding carboxylic acids is 1. The average molecular weight is 372 g/mol. The summed E-state index contributed by atoms with van der Waals surface area (Å²) in [4.78, 5) is 14.7. The molecule has 26 heavy (non-hydrogen) atoms. The Balaban J connectivity index is 1.58. The van der Waals surface area contributed by atoms with E-state index in [-0.39, 0.29) is 10.8 Å². The lowest BCUT2D eigenvalue weighted by molar-refractivity contribution is 0.0690. The van der Waals surface area contributed by atoms with Gasteiger partial charge in [-0.2, -0.15) is 0 Å². The van der Waals surface area contributed by atoms with E-state index >= 15 is 0 Å². The number of hydrogen-bond donors (Lipinski definition) is 1. The van der Waals surface area contributed by atoms with Crippen molar-refractivity contribution in [3.05, 3.63) is 65.7 Å². The van der Waals surface area contributed by atoms with E-state index in [0.29, 0.717) is 11.5 Å². The number of nitrogens with zero attached hydrogens (tertiary/aromatic N) is 1. The van der Waals surface area contributed by atoms with E-state index in [1.165, 1.54) is 24.7 Å². The Hall–Kier alpha value is -2.18. The SMILES string of the molecule is CNS(=O)(=O)c1ccc(C(=O)N2CCC(Cc3ccccc3)CC2)cc1. The fourth-order valence-electron chi connectivity index (χ4n) is 3.36. The van der Waals surface area contributed by atoms with Crippen molar-refractivity contribution in [1.82, 2.24) is 9.62 Å². The molecule has 0 atom stereocenters. The van der Waals surface area contributed by atoms with Crippen LogP contribution in [0.3, 0.4) is 0 Å². The van der Waals surface area contributed by atoms with Crippen molar-refractivity contribution >= 4 is 15.9 Å². The first-order valence-corrected chi connectivity index (χ1v) is 10.3. The van der Waals surface area contributed by atoms with Gasteiger partial charge in [0.1, 0.15) is 0 Å². The molecule has 0 aromatic heterocycles. The van der Waals surface area contributed by atoms with Gasteiger partial charge in [0.05, 0.1) is 4.90 Å². The Kier molecular flexibility index (Phi) is 5.74. The van der Waals surface area contributed by atoms with Gasteiger partial charge < -0.3 is 4.90 Å². The molecule has 3 rings (SSSR count). The highest BCUT2D eigenvalue weighted by Crippen LogP contribution is 2.23. The van der Waals surface area contributed by atoms with Crippen molar-refractivity contribution in [2.75, 3.05) is 20.1 Å². The smallest absolute Gasteiger partial charge is 0.253 e. The molecule has 6 heteroatoms. The van der Waals surface area contributed by atoms with Gasteiger partial charge in [0, 0.05) is 18.7 Å². The van der Waals surface area contributed by atoms with Crippen LogP contribution in [0.2, 0.25) is 0 Å². The van der Waals surface area contributed by atoms with Gasteiger partial charge in [-0.1, -0.05) is 30.3 Å². The molecule has 5 nitrogen and oxygen atoms in total. The molecular formula is C20H24N2O3S. The first kappa shape index (κ1) is 18.6. The number of carbonyl (C=O) groups is 1. The van der Waals surface area contributed by atoms with Crippen LogP contribution >= 0.6 is 0 Å². The second-order valence-corrected chi connectivity index (χ2v) is 8.54. The van der Waals surface area contributed by atoms with Crippen molar-refractivity contribution in [3.63, 3.8) is 0 Å². The zero-order valence-electron chi connectivity index (χ0n) is 14.9. The molecule has 1 heterocycles. The number of hydrogen-bond acceptors (Lipinski definition) is 3. The molecule has 0 aliphatic carbocycles. The standard InChI is InChI=1S/C20H24N2O3S/c1-21-26(24,25)19-9-7-18(8-10-19)20(23)22-13-11-17(12-14-22)15-16-5-3-2-4-6-16/h2-10,17,21H,11-15H2,1H3. The maximum absolute atomic E-state index is 12.7. The van der Waals surface area contributed by atoms with Gasteiger partial charge in [0.15, 0.2) is 0 Å². The van der Waals surface area contributed by atoms with Crippen LogP contribution in [0.1, 0.15) is 28.8 Å². The second kappa shape index (κ2) is 8.01. The number of nitrogens with one attached hydrogen (secondary N) is 1. The van der Waals surface area contributed by atoms with E-state index in [9.17, 15) is 13.2 Å². The van der Waals surface area contributed by atoms with Crippen molar-refractivity contribution < 1.29 is 13.2 Å². The highest BCUT2D eigenvalue weighted by molar-refractivity contribution is 7.89. The third kappa shape index (κ3) is 4.31. The van der Waals surface area contributed by atoms with E-state index in [1.807, 2.05) is 11.0 Å². The lowest BCUT2D eigenvalue weighted by Crippen LogP contribution is -2.38. The summed E-state index contributed by atoms with van der Waals surface area (Å²) >= 11 is 0. The third-order valence-corrected chi connectivity index (χ3v) is 6.38. The molecule has 0 saturated carbocycles. The Morgan fingerprint density at radius 2 is 1.65 bits per heavy atom. The monoisotopic (exact) mass is 372 g/mol. The molecule has 1 aliphatic heterocycles. The number of rotatable bonds is 5. The summed E-state index contributed by atoms with van der Waals surface area (Å²) < 4.78 is 25.8. The highest BCUT2D eigenvalue weighted by atomic mass is 32.2. The summed E-state index contributed by atoms with van der Waals surface area (Å²) in [7, 11) is -2.11. The van der Waals surface area contributed by atoms with E-state index < -0.39 is 10.0 Å². The molecule has 1 saturated heterocycles. The molecule has 1 aliphatic rings. The molecule has 1 fully saturated rings. The molecule has 1 N–H and O–H groups in total. The largest absolute Gasteiger partial charge is 0.339 e. The van der Waals surface area contributed by atoms with Crippen LogP contribution in [0.5, 0.6) is 0 Å². The number of sulfonamides is 1. The maximum atomic E-state index is 12.7. The number of likely N-dealkylation sites (tertiary alicyclic amines) is 1. The van der Waals surface area contributed by atoms with Crippen molar-refractivity contribution in [2.24, 2.45) is 5.92 Å². The fraction of sp³-hybridized carbons (Fsp3) is 0.350. The molecule has 0 spiro atoms. The van der Waals surface area contributed by atoms with E-state index in [1.54, 1.807) is 12.1 Å². The van der Waals surface area contributed by atoms with Gasteiger partial charge in [-0.25, -0.2) is 13.1 Å². The van der Waals surface area contributed by atoms with Gasteiger partial charge in [0.2, 0.25) is 10.0 Å². The van der Waals surface area contributed by atoms with E-state index in [2.05, 4.69) is 29.0 Å². The first-order chi connectivity index (χ1) is 12.5. The first-order valence-electron chi connectivity index (χ1n) is 8.86. The van der Waals surface area contributed by atoms with E-state index in [0.717, 1.165) is 32.4 Å². The van der Waals surface area contributed by atoms with Gasteiger partial charge in [-0.05, 0) is 62.1 Å². The summed E-state index contributed by atoms with van der Waals surface area (Å²) in [5.41, 5.74) is 1.88. The third-order valence-electron chi connectivity index (χ3n) is 4.95. The summed E-state index contributed by atoms with van der Waals surface area (Å²) in [5, 5.41) is 0. The predicted octanol–water partition coefficient (Wildman–Crippen LogP) is 2.69. The minimum absolute atomic E-state index is 0.0310. The summed E-state index contributed by atoms with van der Waals surface area (Å²) in [6, 6.07) is 16.6. The van der Waals surface area contributed by atoms with Gasteiger partial charge in [-0.3, -0.25) is 4.79 Å². The number of benzene rings is 2. The molecule has 2 aromatic carbocycles. The van der Waals surface area contributed by atoms with Crippen molar-refractivity contribution in [3.8, 4) is 0 Å². The van der Waals surface area contributed by atoms with Crippen LogP contribution in [0, 0.1) is 5.92 Å². The Bertz CT molecular complexity index is 840. The molecule has 138 valence electrons. The average Bonchev–Trinajstić information content (AvgIpc) is 2.69. The Morgan fingerprint density at radius 3 is 2.23 bits per heavy atom. The zero-order valence-corrected chi connectivity index (χ0v) is 15.7.